The summed E-state index contributed by atoms with van der Waals surface area (Å²) in [7, 11) is 0. The molecule has 0 unspecified atom stereocenters. The number of carboxylic acid groups (broad SMARTS) is 1. The van der Waals surface area contributed by atoms with E-state index in [0.717, 1.165) is 6.07 Å². The highest BCUT2D eigenvalue weighted by atomic mass is 79.9. The van der Waals surface area contributed by atoms with Gasteiger partial charge in [0, 0.05) is 0 Å². The van der Waals surface area contributed by atoms with Crippen LogP contribution in [0.1, 0.15) is 10.4 Å². The van der Waals surface area contributed by atoms with Gasteiger partial charge in [0.25, 0.3) is 0 Å². The molecule has 0 saturated carbocycles. The van der Waals surface area contributed by atoms with Crippen LogP contribution in [0, 0.1) is 5.82 Å². The number of aromatic carboxylic acids is 1. The zero-order valence-corrected chi connectivity index (χ0v) is 9.49. The summed E-state index contributed by atoms with van der Waals surface area (Å²) in [4.78, 5) is 10.8. The lowest BCUT2D eigenvalue weighted by Crippen LogP contribution is -1.97. The predicted molar refractivity (Wildman–Crippen MR) is 58.8 cm³/mol. The Morgan fingerprint density at radius 2 is 2.12 bits per heavy atom. The van der Waals surface area contributed by atoms with Gasteiger partial charge in [-0.15, -0.1) is 0 Å². The van der Waals surface area contributed by atoms with Crippen LogP contribution in [0.25, 0.3) is 11.3 Å². The normalized spacial score (nSPS) is 10.4. The quantitative estimate of drug-likeness (QED) is 0.918. The molecule has 2 rings (SSSR count). The highest BCUT2D eigenvalue weighted by Gasteiger charge is 2.14. The predicted octanol–water partition coefficient (Wildman–Crippen LogP) is 3.55. The third kappa shape index (κ3) is 1.86. The van der Waals surface area contributed by atoms with E-state index in [-0.39, 0.29) is 16.9 Å². The van der Waals surface area contributed by atoms with Gasteiger partial charge in [-0.05, 0) is 40.2 Å². The van der Waals surface area contributed by atoms with Gasteiger partial charge in [-0.25, -0.2) is 9.18 Å². The zero-order chi connectivity index (χ0) is 11.7. The average Bonchev–Trinajstić information content (AvgIpc) is 2.65. The summed E-state index contributed by atoms with van der Waals surface area (Å²) in [5.74, 6) is -1.36. The van der Waals surface area contributed by atoms with Crippen molar-refractivity contribution in [1.29, 1.82) is 0 Å². The number of furan rings is 1. The van der Waals surface area contributed by atoms with Crippen molar-refractivity contribution in [2.75, 3.05) is 0 Å². The van der Waals surface area contributed by atoms with E-state index in [1.54, 1.807) is 6.07 Å². The standard InChI is InChI=1S/C11H6BrFO3/c12-8-3-4-16-10(8)7-5-6(11(14)15)1-2-9(7)13/h1-5H,(H,14,15). The van der Waals surface area contributed by atoms with Crippen LogP contribution in [-0.2, 0) is 0 Å². The van der Waals surface area contributed by atoms with Gasteiger partial charge in [0.1, 0.15) is 5.82 Å². The number of benzene rings is 1. The molecular weight excluding hydrogens is 279 g/mol. The molecule has 0 bridgehead atoms. The minimum atomic E-state index is -1.11. The number of carbonyl (C=O) groups is 1. The van der Waals surface area contributed by atoms with Crippen molar-refractivity contribution in [2.24, 2.45) is 0 Å². The lowest BCUT2D eigenvalue weighted by atomic mass is 10.1. The van der Waals surface area contributed by atoms with Crippen LogP contribution in [0.4, 0.5) is 4.39 Å². The highest BCUT2D eigenvalue weighted by molar-refractivity contribution is 9.10. The molecule has 0 aliphatic rings. The SMILES string of the molecule is O=C(O)c1ccc(F)c(-c2occc2Br)c1. The van der Waals surface area contributed by atoms with Gasteiger partial charge >= 0.3 is 5.97 Å². The Labute approximate surface area is 98.6 Å². The third-order valence-corrected chi connectivity index (χ3v) is 2.70. The van der Waals surface area contributed by atoms with Crippen molar-refractivity contribution in [3.63, 3.8) is 0 Å². The first-order chi connectivity index (χ1) is 7.59. The fraction of sp³-hybridized carbons (Fsp3) is 0. The molecule has 0 saturated heterocycles. The van der Waals surface area contributed by atoms with Crippen LogP contribution in [0.15, 0.2) is 39.4 Å². The number of hydrogen-bond donors (Lipinski definition) is 1. The molecule has 82 valence electrons. The summed E-state index contributed by atoms with van der Waals surface area (Å²) in [5, 5.41) is 8.80. The lowest BCUT2D eigenvalue weighted by molar-refractivity contribution is 0.0697. The van der Waals surface area contributed by atoms with Gasteiger partial charge in [-0.2, -0.15) is 0 Å². The Morgan fingerprint density at radius 3 is 2.69 bits per heavy atom. The Kier molecular flexibility index (Phi) is 2.78. The van der Waals surface area contributed by atoms with Crippen molar-refractivity contribution < 1.29 is 18.7 Å². The van der Waals surface area contributed by atoms with Crippen molar-refractivity contribution >= 4 is 21.9 Å². The van der Waals surface area contributed by atoms with Crippen molar-refractivity contribution in [3.05, 3.63) is 46.4 Å². The topological polar surface area (TPSA) is 50.4 Å². The Morgan fingerprint density at radius 1 is 1.38 bits per heavy atom. The van der Waals surface area contributed by atoms with Crippen LogP contribution in [-0.4, -0.2) is 11.1 Å². The molecule has 1 N–H and O–H groups in total. The molecule has 1 heterocycles. The van der Waals surface area contributed by atoms with Gasteiger partial charge in [-0.1, -0.05) is 0 Å². The molecule has 5 heteroatoms. The maximum absolute atomic E-state index is 13.5. The van der Waals surface area contributed by atoms with Crippen LogP contribution < -0.4 is 0 Å². The number of hydrogen-bond acceptors (Lipinski definition) is 2. The zero-order valence-electron chi connectivity index (χ0n) is 7.91. The van der Waals surface area contributed by atoms with E-state index in [1.807, 2.05) is 0 Å². The minimum Gasteiger partial charge on any atom is -0.478 e. The Bertz CT molecular complexity index is 548. The molecule has 0 atom stereocenters. The van der Waals surface area contributed by atoms with Gasteiger partial charge in [-0.3, -0.25) is 0 Å². The van der Waals surface area contributed by atoms with E-state index in [2.05, 4.69) is 15.9 Å². The first-order valence-electron chi connectivity index (χ1n) is 4.36. The van der Waals surface area contributed by atoms with E-state index >= 15 is 0 Å². The minimum absolute atomic E-state index is 0.0136. The molecule has 0 aliphatic carbocycles. The molecule has 0 spiro atoms. The number of carboxylic acids is 1. The largest absolute Gasteiger partial charge is 0.478 e. The third-order valence-electron chi connectivity index (χ3n) is 2.08. The second-order valence-electron chi connectivity index (χ2n) is 3.10. The molecule has 1 aromatic heterocycles. The monoisotopic (exact) mass is 284 g/mol. The van der Waals surface area contributed by atoms with E-state index in [9.17, 15) is 9.18 Å². The fourth-order valence-corrected chi connectivity index (χ4v) is 1.73. The first-order valence-corrected chi connectivity index (χ1v) is 5.15. The van der Waals surface area contributed by atoms with E-state index in [0.29, 0.717) is 4.47 Å². The van der Waals surface area contributed by atoms with Gasteiger partial charge < -0.3 is 9.52 Å². The molecule has 2 aromatic rings. The molecular formula is C11H6BrFO3. The maximum Gasteiger partial charge on any atom is 0.335 e. The van der Waals surface area contributed by atoms with E-state index < -0.39 is 11.8 Å². The second-order valence-corrected chi connectivity index (χ2v) is 3.95. The number of rotatable bonds is 2. The average molecular weight is 285 g/mol. The van der Waals surface area contributed by atoms with E-state index in [4.69, 9.17) is 9.52 Å². The van der Waals surface area contributed by atoms with Crippen molar-refractivity contribution in [1.82, 2.24) is 0 Å². The van der Waals surface area contributed by atoms with Crippen LogP contribution in [0.5, 0.6) is 0 Å². The fourth-order valence-electron chi connectivity index (χ4n) is 1.32. The summed E-state index contributed by atoms with van der Waals surface area (Å²) in [5.41, 5.74) is 0.136. The summed E-state index contributed by atoms with van der Waals surface area (Å²) >= 11 is 3.19. The van der Waals surface area contributed by atoms with Gasteiger partial charge in [0.05, 0.1) is 21.9 Å². The molecule has 0 aliphatic heterocycles. The van der Waals surface area contributed by atoms with Gasteiger partial charge in [0.2, 0.25) is 0 Å². The molecule has 3 nitrogen and oxygen atoms in total. The molecule has 1 aromatic carbocycles. The second kappa shape index (κ2) is 4.09. The smallest absolute Gasteiger partial charge is 0.335 e. The van der Waals surface area contributed by atoms with Crippen LogP contribution in [0.2, 0.25) is 0 Å². The summed E-state index contributed by atoms with van der Waals surface area (Å²) in [6, 6.07) is 5.16. The lowest BCUT2D eigenvalue weighted by Gasteiger charge is -2.02. The molecule has 0 fully saturated rings. The Hall–Kier alpha value is -1.62. The van der Waals surface area contributed by atoms with Crippen molar-refractivity contribution in [2.45, 2.75) is 0 Å². The van der Waals surface area contributed by atoms with Crippen molar-refractivity contribution in [3.8, 4) is 11.3 Å². The molecule has 0 radical (unpaired) electrons. The Balaban J connectivity index is 2.60. The molecule has 16 heavy (non-hydrogen) atoms. The van der Waals surface area contributed by atoms with Crippen LogP contribution in [0.3, 0.4) is 0 Å². The van der Waals surface area contributed by atoms with Gasteiger partial charge in [0.15, 0.2) is 5.76 Å². The first kappa shape index (κ1) is 10.9. The van der Waals surface area contributed by atoms with Crippen LogP contribution >= 0.6 is 15.9 Å². The summed E-state index contributed by atoms with van der Waals surface area (Å²) < 4.78 is 19.2. The maximum atomic E-state index is 13.5. The highest BCUT2D eigenvalue weighted by Crippen LogP contribution is 2.31. The summed E-state index contributed by atoms with van der Waals surface area (Å²) in [6.07, 6.45) is 1.40. The summed E-state index contributed by atoms with van der Waals surface area (Å²) in [6.45, 7) is 0. The molecule has 0 amide bonds. The van der Waals surface area contributed by atoms with E-state index in [1.165, 1.54) is 18.4 Å². The number of halogens is 2.